The van der Waals surface area contributed by atoms with Crippen LogP contribution < -0.4 is 10.2 Å². The smallest absolute Gasteiger partial charge is 0.293 e. The molecule has 31 heavy (non-hydrogen) atoms. The monoisotopic (exact) mass is 449 g/mol. The molecule has 0 amide bonds. The number of nitrogens with zero attached hydrogens (tertiary/aromatic N) is 4. The van der Waals surface area contributed by atoms with E-state index in [1.54, 1.807) is 20.0 Å². The Morgan fingerprint density at radius 3 is 2.58 bits per heavy atom. The number of sulfonamides is 1. The van der Waals surface area contributed by atoms with Crippen LogP contribution in [0.5, 0.6) is 0 Å². The van der Waals surface area contributed by atoms with Crippen LogP contribution in [-0.2, 0) is 21.3 Å². The molecule has 1 aliphatic heterocycles. The third-order valence-corrected chi connectivity index (χ3v) is 7.20. The normalized spacial score (nSPS) is 14.6. The van der Waals surface area contributed by atoms with Crippen LogP contribution in [-0.4, -0.2) is 62.0 Å². The molecule has 0 radical (unpaired) electrons. The van der Waals surface area contributed by atoms with E-state index in [9.17, 15) is 18.5 Å². The Kier molecular flexibility index (Phi) is 7.42. The summed E-state index contributed by atoms with van der Waals surface area (Å²) >= 11 is 0. The zero-order chi connectivity index (χ0) is 22.4. The predicted molar refractivity (Wildman–Crippen MR) is 118 cm³/mol. The zero-order valence-corrected chi connectivity index (χ0v) is 18.5. The lowest BCUT2D eigenvalue weighted by atomic mass is 10.2. The van der Waals surface area contributed by atoms with Gasteiger partial charge in [0.25, 0.3) is 5.69 Å². The van der Waals surface area contributed by atoms with Gasteiger partial charge >= 0.3 is 0 Å². The summed E-state index contributed by atoms with van der Waals surface area (Å²) in [5.74, 6) is 0.807. The van der Waals surface area contributed by atoms with Crippen molar-refractivity contribution in [1.29, 1.82) is 0 Å². The van der Waals surface area contributed by atoms with Crippen molar-refractivity contribution in [2.24, 2.45) is 0 Å². The summed E-state index contributed by atoms with van der Waals surface area (Å²) in [6.45, 7) is 7.04. The number of nitro groups is 1. The maximum absolute atomic E-state index is 12.7. The standard InChI is InChI=1S/C20H27N5O5S/c1-3-24(4-2)31(28,29)17-7-8-18(19(14-17)25(26)27)22-15-16-6-5-9-21-20(16)23-10-12-30-13-11-23/h5-9,14,22H,3-4,10-13,15H2,1-2H3. The summed E-state index contributed by atoms with van der Waals surface area (Å²) in [5.41, 5.74) is 0.851. The van der Waals surface area contributed by atoms with Crippen LogP contribution in [0.25, 0.3) is 0 Å². The van der Waals surface area contributed by atoms with Crippen LogP contribution in [0.3, 0.4) is 0 Å². The van der Waals surface area contributed by atoms with Crippen LogP contribution in [0.4, 0.5) is 17.2 Å². The van der Waals surface area contributed by atoms with E-state index in [1.165, 1.54) is 16.4 Å². The molecule has 0 bridgehead atoms. The quantitative estimate of drug-likeness (QED) is 0.458. The molecule has 0 saturated carbocycles. The third-order valence-electron chi connectivity index (χ3n) is 5.16. The van der Waals surface area contributed by atoms with Gasteiger partial charge in [0.15, 0.2) is 0 Å². The van der Waals surface area contributed by atoms with Crippen molar-refractivity contribution >= 4 is 27.2 Å². The van der Waals surface area contributed by atoms with E-state index in [0.717, 1.165) is 30.5 Å². The summed E-state index contributed by atoms with van der Waals surface area (Å²) in [7, 11) is -3.79. The van der Waals surface area contributed by atoms with E-state index < -0.39 is 14.9 Å². The van der Waals surface area contributed by atoms with Crippen molar-refractivity contribution in [3.05, 3.63) is 52.2 Å². The highest BCUT2D eigenvalue weighted by Crippen LogP contribution is 2.30. The molecule has 1 saturated heterocycles. The molecule has 1 aromatic carbocycles. The molecule has 1 N–H and O–H groups in total. The molecule has 1 aliphatic rings. The molecule has 0 unspecified atom stereocenters. The van der Waals surface area contributed by atoms with Gasteiger partial charge < -0.3 is 15.0 Å². The second-order valence-corrected chi connectivity index (χ2v) is 8.90. The summed E-state index contributed by atoms with van der Waals surface area (Å²) in [6, 6.07) is 7.68. The predicted octanol–water partition coefficient (Wildman–Crippen LogP) is 2.47. The Morgan fingerprint density at radius 1 is 1.23 bits per heavy atom. The van der Waals surface area contributed by atoms with Crippen molar-refractivity contribution in [2.75, 3.05) is 49.6 Å². The maximum atomic E-state index is 12.7. The topological polar surface area (TPSA) is 118 Å². The van der Waals surface area contributed by atoms with Crippen LogP contribution in [0.2, 0.25) is 0 Å². The molecular weight excluding hydrogens is 422 g/mol. The first-order valence-electron chi connectivity index (χ1n) is 10.2. The highest BCUT2D eigenvalue weighted by molar-refractivity contribution is 7.89. The van der Waals surface area contributed by atoms with E-state index in [-0.39, 0.29) is 29.4 Å². The van der Waals surface area contributed by atoms with E-state index in [4.69, 9.17) is 4.74 Å². The van der Waals surface area contributed by atoms with Gasteiger partial charge in [-0.15, -0.1) is 0 Å². The minimum absolute atomic E-state index is 0.0937. The van der Waals surface area contributed by atoms with Crippen molar-refractivity contribution < 1.29 is 18.1 Å². The van der Waals surface area contributed by atoms with Gasteiger partial charge in [0.1, 0.15) is 11.5 Å². The van der Waals surface area contributed by atoms with Gasteiger partial charge in [-0.1, -0.05) is 19.9 Å². The Balaban J connectivity index is 1.85. The van der Waals surface area contributed by atoms with Crippen molar-refractivity contribution in [3.8, 4) is 0 Å². The van der Waals surface area contributed by atoms with Gasteiger partial charge in [0.2, 0.25) is 10.0 Å². The van der Waals surface area contributed by atoms with Gasteiger partial charge in [-0.25, -0.2) is 13.4 Å². The second kappa shape index (κ2) is 10.0. The number of morpholine rings is 1. The fraction of sp³-hybridized carbons (Fsp3) is 0.450. The Labute approximate surface area is 182 Å². The molecule has 2 aromatic rings. The first kappa shape index (κ1) is 22.9. The highest BCUT2D eigenvalue weighted by atomic mass is 32.2. The number of anilines is 2. The molecule has 3 rings (SSSR count). The number of ether oxygens (including phenoxy) is 1. The van der Waals surface area contributed by atoms with E-state index >= 15 is 0 Å². The molecule has 10 nitrogen and oxygen atoms in total. The van der Waals surface area contributed by atoms with Gasteiger partial charge in [-0.3, -0.25) is 10.1 Å². The lowest BCUT2D eigenvalue weighted by molar-refractivity contribution is -0.384. The Bertz CT molecular complexity index is 1020. The number of pyridine rings is 1. The van der Waals surface area contributed by atoms with Gasteiger partial charge in [0.05, 0.1) is 23.0 Å². The SMILES string of the molecule is CCN(CC)S(=O)(=O)c1ccc(NCc2cccnc2N2CCOCC2)c([N+](=O)[O-])c1. The lowest BCUT2D eigenvalue weighted by Gasteiger charge is -2.29. The van der Waals surface area contributed by atoms with E-state index in [2.05, 4.69) is 15.2 Å². The van der Waals surface area contributed by atoms with Crippen LogP contribution in [0.1, 0.15) is 19.4 Å². The fourth-order valence-electron chi connectivity index (χ4n) is 3.50. The summed E-state index contributed by atoms with van der Waals surface area (Å²) < 4.78 is 32.1. The van der Waals surface area contributed by atoms with E-state index in [0.29, 0.717) is 19.8 Å². The molecule has 2 heterocycles. The average molecular weight is 450 g/mol. The molecule has 168 valence electrons. The number of aromatic nitrogens is 1. The van der Waals surface area contributed by atoms with Crippen molar-refractivity contribution in [3.63, 3.8) is 0 Å². The number of benzene rings is 1. The number of hydrogen-bond donors (Lipinski definition) is 1. The second-order valence-electron chi connectivity index (χ2n) is 6.96. The third kappa shape index (κ3) is 5.12. The molecule has 0 atom stereocenters. The molecule has 1 aromatic heterocycles. The maximum Gasteiger partial charge on any atom is 0.293 e. The Morgan fingerprint density at radius 2 is 1.94 bits per heavy atom. The number of nitro benzene ring substituents is 1. The van der Waals surface area contributed by atoms with Crippen molar-refractivity contribution in [1.82, 2.24) is 9.29 Å². The van der Waals surface area contributed by atoms with Gasteiger partial charge in [0, 0.05) is 50.6 Å². The number of hydrogen-bond acceptors (Lipinski definition) is 8. The fourth-order valence-corrected chi connectivity index (χ4v) is 4.98. The largest absolute Gasteiger partial charge is 0.378 e. The van der Waals surface area contributed by atoms with Crippen LogP contribution in [0, 0.1) is 10.1 Å². The summed E-state index contributed by atoms with van der Waals surface area (Å²) in [6.07, 6.45) is 1.71. The minimum Gasteiger partial charge on any atom is -0.378 e. The summed E-state index contributed by atoms with van der Waals surface area (Å²) in [5, 5.41) is 14.7. The number of nitrogens with one attached hydrogen (secondary N) is 1. The lowest BCUT2D eigenvalue weighted by Crippen LogP contribution is -2.37. The van der Waals surface area contributed by atoms with Crippen molar-refractivity contribution in [2.45, 2.75) is 25.3 Å². The molecule has 1 fully saturated rings. The Hall–Kier alpha value is -2.76. The minimum atomic E-state index is -3.79. The molecule has 0 spiro atoms. The molecule has 0 aliphatic carbocycles. The first-order valence-corrected chi connectivity index (χ1v) is 11.6. The molecular formula is C20H27N5O5S. The van der Waals surface area contributed by atoms with E-state index in [1.807, 2.05) is 12.1 Å². The van der Waals surface area contributed by atoms with Crippen LogP contribution >= 0.6 is 0 Å². The number of rotatable bonds is 9. The summed E-state index contributed by atoms with van der Waals surface area (Å²) in [4.78, 5) is 17.6. The van der Waals surface area contributed by atoms with Crippen LogP contribution in [0.15, 0.2) is 41.4 Å². The molecule has 11 heteroatoms. The first-order chi connectivity index (χ1) is 14.9. The highest BCUT2D eigenvalue weighted by Gasteiger charge is 2.26. The zero-order valence-electron chi connectivity index (χ0n) is 17.7. The van der Waals surface area contributed by atoms with Gasteiger partial charge in [-0.05, 0) is 18.2 Å². The van der Waals surface area contributed by atoms with Gasteiger partial charge in [-0.2, -0.15) is 4.31 Å². The average Bonchev–Trinajstić information content (AvgIpc) is 2.79.